The van der Waals surface area contributed by atoms with Crippen molar-refractivity contribution in [2.24, 2.45) is 5.73 Å². The van der Waals surface area contributed by atoms with Crippen LogP contribution in [0.5, 0.6) is 0 Å². The van der Waals surface area contributed by atoms with E-state index in [1.165, 1.54) is 0 Å². The number of hydrogen-bond acceptors (Lipinski definition) is 4. The number of primary amides is 1. The summed E-state index contributed by atoms with van der Waals surface area (Å²) >= 11 is 0. The van der Waals surface area contributed by atoms with E-state index in [2.05, 4.69) is 9.72 Å². The van der Waals surface area contributed by atoms with Crippen LogP contribution in [0, 0.1) is 0 Å². The number of carbonyl (C=O) groups is 2. The molecule has 2 N–H and O–H groups in total. The van der Waals surface area contributed by atoms with Crippen LogP contribution in [0.2, 0.25) is 0 Å². The highest BCUT2D eigenvalue weighted by Gasteiger charge is 2.28. The first-order chi connectivity index (χ1) is 8.68. The van der Waals surface area contributed by atoms with Gasteiger partial charge >= 0.3 is 6.09 Å². The first kappa shape index (κ1) is 12.5. The quantitative estimate of drug-likeness (QED) is 0.616. The van der Waals surface area contributed by atoms with E-state index in [1.807, 2.05) is 12.1 Å². The normalized spacial score (nSPS) is 14.2. The van der Waals surface area contributed by atoms with Gasteiger partial charge < -0.3 is 10.5 Å². The zero-order valence-corrected chi connectivity index (χ0v) is 10.1. The molecule has 0 aliphatic heterocycles. The predicted octanol–water partition coefficient (Wildman–Crippen LogP) is 2.02. The molecule has 5 heteroatoms. The van der Waals surface area contributed by atoms with Crippen LogP contribution in [0.25, 0.3) is 0 Å². The maximum absolute atomic E-state index is 12.0. The van der Waals surface area contributed by atoms with Gasteiger partial charge in [0.15, 0.2) is 5.78 Å². The zero-order chi connectivity index (χ0) is 13.0. The van der Waals surface area contributed by atoms with Crippen molar-refractivity contribution in [1.29, 1.82) is 0 Å². The van der Waals surface area contributed by atoms with Gasteiger partial charge in [-0.25, -0.2) is 4.79 Å². The lowest BCUT2D eigenvalue weighted by Crippen LogP contribution is -2.14. The van der Waals surface area contributed by atoms with Gasteiger partial charge in [0.05, 0.1) is 6.61 Å². The monoisotopic (exact) mass is 248 g/mol. The number of carbonyl (C=O) groups excluding carboxylic acids is 2. The van der Waals surface area contributed by atoms with Crippen LogP contribution >= 0.6 is 0 Å². The molecule has 1 aliphatic carbocycles. The summed E-state index contributed by atoms with van der Waals surface area (Å²) < 4.78 is 4.58. The molecule has 2 rings (SSSR count). The highest BCUT2D eigenvalue weighted by molar-refractivity contribution is 5.95. The van der Waals surface area contributed by atoms with Crippen molar-refractivity contribution in [3.8, 4) is 0 Å². The second-order valence-corrected chi connectivity index (χ2v) is 4.41. The fraction of sp³-hybridized carbons (Fsp3) is 0.462. The van der Waals surface area contributed by atoms with E-state index in [4.69, 9.17) is 5.73 Å². The van der Waals surface area contributed by atoms with E-state index in [9.17, 15) is 9.59 Å². The van der Waals surface area contributed by atoms with Crippen LogP contribution in [0.3, 0.4) is 0 Å². The number of pyridine rings is 1. The first-order valence-corrected chi connectivity index (χ1v) is 6.09. The van der Waals surface area contributed by atoms with Crippen molar-refractivity contribution in [2.75, 3.05) is 6.61 Å². The molecule has 0 radical (unpaired) electrons. The van der Waals surface area contributed by atoms with Crippen LogP contribution in [0.15, 0.2) is 18.3 Å². The van der Waals surface area contributed by atoms with Gasteiger partial charge in [-0.2, -0.15) is 0 Å². The van der Waals surface area contributed by atoms with Gasteiger partial charge in [-0.05, 0) is 36.8 Å². The molecule has 1 saturated carbocycles. The SMILES string of the molecule is NC(=O)OCCCC(=O)c1ncccc1C1CC1. The number of rotatable bonds is 6. The summed E-state index contributed by atoms with van der Waals surface area (Å²) in [6.07, 6.45) is 3.90. The smallest absolute Gasteiger partial charge is 0.404 e. The van der Waals surface area contributed by atoms with Gasteiger partial charge in [0.25, 0.3) is 0 Å². The summed E-state index contributed by atoms with van der Waals surface area (Å²) in [5, 5.41) is 0. The highest BCUT2D eigenvalue weighted by atomic mass is 16.5. The Hall–Kier alpha value is -1.91. The number of nitrogens with two attached hydrogens (primary N) is 1. The molecule has 0 spiro atoms. The first-order valence-electron chi connectivity index (χ1n) is 6.09. The van der Waals surface area contributed by atoms with Crippen molar-refractivity contribution in [1.82, 2.24) is 4.98 Å². The van der Waals surface area contributed by atoms with Crippen LogP contribution < -0.4 is 5.73 Å². The zero-order valence-electron chi connectivity index (χ0n) is 10.1. The Morgan fingerprint density at radius 3 is 2.89 bits per heavy atom. The number of amides is 1. The largest absolute Gasteiger partial charge is 0.450 e. The lowest BCUT2D eigenvalue weighted by molar-refractivity contribution is 0.0957. The Morgan fingerprint density at radius 2 is 2.22 bits per heavy atom. The molecule has 1 fully saturated rings. The molecule has 0 unspecified atom stereocenters. The second kappa shape index (κ2) is 5.62. The van der Waals surface area contributed by atoms with E-state index < -0.39 is 6.09 Å². The number of nitrogens with zero attached hydrogens (tertiary/aromatic N) is 1. The van der Waals surface area contributed by atoms with Gasteiger partial charge in [-0.1, -0.05) is 6.07 Å². The molecule has 0 atom stereocenters. The van der Waals surface area contributed by atoms with E-state index in [-0.39, 0.29) is 12.4 Å². The summed E-state index contributed by atoms with van der Waals surface area (Å²) in [6, 6.07) is 3.83. The van der Waals surface area contributed by atoms with Crippen LogP contribution in [0.4, 0.5) is 4.79 Å². The van der Waals surface area contributed by atoms with Crippen molar-refractivity contribution in [2.45, 2.75) is 31.6 Å². The van der Waals surface area contributed by atoms with E-state index in [0.29, 0.717) is 24.5 Å². The fourth-order valence-corrected chi connectivity index (χ4v) is 1.90. The van der Waals surface area contributed by atoms with Crippen LogP contribution in [-0.2, 0) is 4.74 Å². The third kappa shape index (κ3) is 3.29. The highest BCUT2D eigenvalue weighted by Crippen LogP contribution is 2.41. The van der Waals surface area contributed by atoms with Crippen LogP contribution in [-0.4, -0.2) is 23.5 Å². The Morgan fingerprint density at radius 1 is 1.44 bits per heavy atom. The molecule has 1 heterocycles. The average Bonchev–Trinajstić information content (AvgIpc) is 3.18. The molecule has 0 saturated heterocycles. The van der Waals surface area contributed by atoms with Gasteiger partial charge in [-0.15, -0.1) is 0 Å². The van der Waals surface area contributed by atoms with Crippen LogP contribution in [0.1, 0.15) is 47.7 Å². The summed E-state index contributed by atoms with van der Waals surface area (Å²) in [7, 11) is 0. The Balaban J connectivity index is 1.90. The standard InChI is InChI=1S/C13H16N2O3/c14-13(17)18-8-2-4-11(16)12-10(9-5-6-9)3-1-7-15-12/h1,3,7,9H,2,4-6,8H2,(H2,14,17). The average molecular weight is 248 g/mol. The molecular formula is C13H16N2O3. The second-order valence-electron chi connectivity index (χ2n) is 4.41. The summed E-state index contributed by atoms with van der Waals surface area (Å²) in [5.74, 6) is 0.505. The van der Waals surface area contributed by atoms with Gasteiger partial charge in [0.2, 0.25) is 0 Å². The number of aromatic nitrogens is 1. The summed E-state index contributed by atoms with van der Waals surface area (Å²) in [5.41, 5.74) is 6.46. The van der Waals surface area contributed by atoms with E-state index >= 15 is 0 Å². The number of Topliss-reactive ketones (excluding diaryl/α,β-unsaturated/α-hetero) is 1. The molecule has 0 aromatic carbocycles. The van der Waals surface area contributed by atoms with Crippen molar-refractivity contribution in [3.63, 3.8) is 0 Å². The van der Waals surface area contributed by atoms with Gasteiger partial charge in [-0.3, -0.25) is 9.78 Å². The van der Waals surface area contributed by atoms with Crippen molar-refractivity contribution < 1.29 is 14.3 Å². The Kier molecular flexibility index (Phi) is 3.92. The maximum atomic E-state index is 12.0. The molecule has 5 nitrogen and oxygen atoms in total. The third-order valence-corrected chi connectivity index (χ3v) is 2.91. The third-order valence-electron chi connectivity index (χ3n) is 2.91. The Bertz CT molecular complexity index is 455. The van der Waals surface area contributed by atoms with Gasteiger partial charge in [0.1, 0.15) is 5.69 Å². The number of hydrogen-bond donors (Lipinski definition) is 1. The lowest BCUT2D eigenvalue weighted by atomic mass is 10.0. The molecular weight excluding hydrogens is 232 g/mol. The number of ether oxygens (including phenoxy) is 1. The van der Waals surface area contributed by atoms with E-state index in [0.717, 1.165) is 18.4 Å². The Labute approximate surface area is 105 Å². The molecule has 96 valence electrons. The molecule has 1 amide bonds. The molecule has 0 bridgehead atoms. The minimum atomic E-state index is -0.807. The minimum absolute atomic E-state index is 0.00516. The van der Waals surface area contributed by atoms with Crippen molar-refractivity contribution >= 4 is 11.9 Å². The predicted molar refractivity (Wildman–Crippen MR) is 65.3 cm³/mol. The molecule has 1 aliphatic rings. The molecule has 1 aromatic heterocycles. The van der Waals surface area contributed by atoms with E-state index in [1.54, 1.807) is 6.20 Å². The maximum Gasteiger partial charge on any atom is 0.404 e. The minimum Gasteiger partial charge on any atom is -0.450 e. The summed E-state index contributed by atoms with van der Waals surface area (Å²) in [4.78, 5) is 26.5. The van der Waals surface area contributed by atoms with Gasteiger partial charge in [0, 0.05) is 12.6 Å². The van der Waals surface area contributed by atoms with Crippen molar-refractivity contribution in [3.05, 3.63) is 29.6 Å². The summed E-state index contributed by atoms with van der Waals surface area (Å²) in [6.45, 7) is 0.173. The lowest BCUT2D eigenvalue weighted by Gasteiger charge is -2.06. The molecule has 18 heavy (non-hydrogen) atoms. The number of ketones is 1. The fourth-order valence-electron chi connectivity index (χ4n) is 1.90. The molecule has 1 aromatic rings. The topological polar surface area (TPSA) is 82.3 Å².